The number of aromatic nitrogens is 1. The Bertz CT molecular complexity index is 909. The second-order valence-electron chi connectivity index (χ2n) is 6.68. The lowest BCUT2D eigenvalue weighted by Crippen LogP contribution is -2.41. The monoisotopic (exact) mass is 446 g/mol. The molecule has 146 valence electrons. The fourth-order valence-corrected chi connectivity index (χ4v) is 3.38. The van der Waals surface area contributed by atoms with E-state index in [9.17, 15) is 19.7 Å². The standard InChI is InChI=1S/C19H19BrN4O4/c1-12-2-3-14(10-16(12)24(27)28)19(26)23-8-6-13(7-9-23)18(25)22-17-5-4-15(20)11-21-17/h2-5,10-11,13H,6-9H2,1H3,(H,21,22,25). The molecule has 1 aromatic carbocycles. The Balaban J connectivity index is 1.59. The molecule has 0 unspecified atom stereocenters. The number of likely N-dealkylation sites (tertiary alicyclic amines) is 1. The minimum Gasteiger partial charge on any atom is -0.339 e. The van der Waals surface area contributed by atoms with Crippen molar-refractivity contribution >= 4 is 39.2 Å². The van der Waals surface area contributed by atoms with Gasteiger partial charge in [0.15, 0.2) is 0 Å². The van der Waals surface area contributed by atoms with Gasteiger partial charge in [-0.15, -0.1) is 0 Å². The highest BCUT2D eigenvalue weighted by Crippen LogP contribution is 2.24. The molecule has 1 aliphatic rings. The number of nitro benzene ring substituents is 1. The predicted octanol–water partition coefficient (Wildman–Crippen LogP) is 3.55. The van der Waals surface area contributed by atoms with E-state index >= 15 is 0 Å². The van der Waals surface area contributed by atoms with Crippen LogP contribution in [-0.4, -0.2) is 39.7 Å². The largest absolute Gasteiger partial charge is 0.339 e. The van der Waals surface area contributed by atoms with Gasteiger partial charge in [0.1, 0.15) is 5.82 Å². The number of anilines is 1. The van der Waals surface area contributed by atoms with Gasteiger partial charge in [-0.05, 0) is 53.9 Å². The lowest BCUT2D eigenvalue weighted by molar-refractivity contribution is -0.385. The Kier molecular flexibility index (Phi) is 6.03. The Labute approximate surface area is 170 Å². The number of rotatable bonds is 4. The number of carbonyl (C=O) groups excluding carboxylic acids is 2. The van der Waals surface area contributed by atoms with E-state index in [1.165, 1.54) is 6.07 Å². The van der Waals surface area contributed by atoms with Gasteiger partial charge >= 0.3 is 0 Å². The van der Waals surface area contributed by atoms with Crippen LogP contribution in [0.5, 0.6) is 0 Å². The van der Waals surface area contributed by atoms with Gasteiger partial charge in [-0.2, -0.15) is 0 Å². The van der Waals surface area contributed by atoms with Crippen LogP contribution < -0.4 is 5.32 Å². The first-order valence-electron chi connectivity index (χ1n) is 8.82. The van der Waals surface area contributed by atoms with Crippen LogP contribution in [0.15, 0.2) is 41.0 Å². The van der Waals surface area contributed by atoms with Crippen LogP contribution in [0.4, 0.5) is 11.5 Å². The molecule has 0 spiro atoms. The number of hydrogen-bond donors (Lipinski definition) is 1. The van der Waals surface area contributed by atoms with Crippen molar-refractivity contribution in [2.45, 2.75) is 19.8 Å². The summed E-state index contributed by atoms with van der Waals surface area (Å²) in [5.74, 6) is -0.0926. The number of amides is 2. The molecular weight excluding hydrogens is 428 g/mol. The van der Waals surface area contributed by atoms with Crippen molar-refractivity contribution < 1.29 is 14.5 Å². The van der Waals surface area contributed by atoms with E-state index in [0.717, 1.165) is 4.47 Å². The van der Waals surface area contributed by atoms with E-state index < -0.39 is 4.92 Å². The highest BCUT2D eigenvalue weighted by molar-refractivity contribution is 9.10. The number of aryl methyl sites for hydroxylation is 1. The molecule has 1 fully saturated rings. The summed E-state index contributed by atoms with van der Waals surface area (Å²) < 4.78 is 0.827. The number of pyridine rings is 1. The van der Waals surface area contributed by atoms with Gasteiger partial charge in [-0.1, -0.05) is 6.07 Å². The number of nitrogens with one attached hydrogen (secondary N) is 1. The van der Waals surface area contributed by atoms with Gasteiger partial charge in [0.2, 0.25) is 5.91 Å². The Hall–Kier alpha value is -2.81. The summed E-state index contributed by atoms with van der Waals surface area (Å²) in [6.07, 6.45) is 2.67. The predicted molar refractivity (Wildman–Crippen MR) is 107 cm³/mol. The molecule has 28 heavy (non-hydrogen) atoms. The van der Waals surface area contributed by atoms with Crippen molar-refractivity contribution in [3.05, 3.63) is 62.2 Å². The molecule has 9 heteroatoms. The topological polar surface area (TPSA) is 105 Å². The molecule has 2 aromatic rings. The number of piperidine rings is 1. The molecule has 0 aliphatic carbocycles. The molecule has 3 rings (SSSR count). The third-order valence-electron chi connectivity index (χ3n) is 4.78. The fourth-order valence-electron chi connectivity index (χ4n) is 3.14. The van der Waals surface area contributed by atoms with Crippen molar-refractivity contribution in [3.8, 4) is 0 Å². The first-order chi connectivity index (χ1) is 13.3. The van der Waals surface area contributed by atoms with Gasteiger partial charge in [0.25, 0.3) is 11.6 Å². The SMILES string of the molecule is Cc1ccc(C(=O)N2CCC(C(=O)Nc3ccc(Br)cn3)CC2)cc1[N+](=O)[O-]. The molecule has 0 bridgehead atoms. The number of carbonyl (C=O) groups is 2. The molecule has 0 radical (unpaired) electrons. The zero-order valence-electron chi connectivity index (χ0n) is 15.2. The first kappa shape index (κ1) is 19.9. The van der Waals surface area contributed by atoms with Gasteiger partial charge in [-0.25, -0.2) is 4.98 Å². The maximum absolute atomic E-state index is 12.7. The van der Waals surface area contributed by atoms with Gasteiger partial charge < -0.3 is 10.2 Å². The van der Waals surface area contributed by atoms with E-state index in [4.69, 9.17) is 0 Å². The summed E-state index contributed by atoms with van der Waals surface area (Å²) in [6.45, 7) is 2.48. The van der Waals surface area contributed by atoms with E-state index in [-0.39, 0.29) is 23.4 Å². The normalized spacial score (nSPS) is 14.6. The van der Waals surface area contributed by atoms with Crippen molar-refractivity contribution in [2.75, 3.05) is 18.4 Å². The summed E-state index contributed by atoms with van der Waals surface area (Å²) in [5, 5.41) is 13.9. The number of hydrogen-bond acceptors (Lipinski definition) is 5. The quantitative estimate of drug-likeness (QED) is 0.570. The van der Waals surface area contributed by atoms with Crippen LogP contribution in [-0.2, 0) is 4.79 Å². The maximum atomic E-state index is 12.7. The molecule has 2 heterocycles. The second-order valence-corrected chi connectivity index (χ2v) is 7.59. The van der Waals surface area contributed by atoms with E-state index in [1.54, 1.807) is 42.3 Å². The molecule has 1 saturated heterocycles. The third kappa shape index (κ3) is 4.53. The molecule has 2 amide bonds. The van der Waals surface area contributed by atoms with Crippen molar-refractivity contribution in [1.82, 2.24) is 9.88 Å². The summed E-state index contributed by atoms with van der Waals surface area (Å²) in [6, 6.07) is 8.00. The second kappa shape index (κ2) is 8.47. The van der Waals surface area contributed by atoms with Crippen LogP contribution in [0.3, 0.4) is 0 Å². The van der Waals surface area contributed by atoms with Gasteiger partial charge in [0.05, 0.1) is 4.92 Å². The number of nitrogens with zero attached hydrogens (tertiary/aromatic N) is 3. The van der Waals surface area contributed by atoms with Crippen LogP contribution in [0.1, 0.15) is 28.8 Å². The van der Waals surface area contributed by atoms with Crippen LogP contribution in [0.2, 0.25) is 0 Å². The van der Waals surface area contributed by atoms with Crippen LogP contribution >= 0.6 is 15.9 Å². The number of nitro groups is 1. The molecular formula is C19H19BrN4O4. The van der Waals surface area contributed by atoms with Crippen LogP contribution in [0.25, 0.3) is 0 Å². The number of halogens is 1. The zero-order valence-corrected chi connectivity index (χ0v) is 16.8. The third-order valence-corrected chi connectivity index (χ3v) is 5.25. The molecule has 8 nitrogen and oxygen atoms in total. The van der Waals surface area contributed by atoms with Gasteiger partial charge in [-0.3, -0.25) is 19.7 Å². The number of benzene rings is 1. The van der Waals surface area contributed by atoms with Gasteiger partial charge in [0, 0.05) is 46.9 Å². The first-order valence-corrected chi connectivity index (χ1v) is 9.61. The summed E-state index contributed by atoms with van der Waals surface area (Å²) in [7, 11) is 0. The minimum absolute atomic E-state index is 0.0675. The van der Waals surface area contributed by atoms with Crippen molar-refractivity contribution in [2.24, 2.45) is 5.92 Å². The average molecular weight is 447 g/mol. The van der Waals surface area contributed by atoms with E-state index in [1.807, 2.05) is 0 Å². The van der Waals surface area contributed by atoms with E-state index in [0.29, 0.717) is 42.9 Å². The average Bonchev–Trinajstić information content (AvgIpc) is 2.69. The highest BCUT2D eigenvalue weighted by Gasteiger charge is 2.28. The van der Waals surface area contributed by atoms with Crippen LogP contribution in [0, 0.1) is 23.0 Å². The van der Waals surface area contributed by atoms with Crippen molar-refractivity contribution in [1.29, 1.82) is 0 Å². The molecule has 1 aromatic heterocycles. The smallest absolute Gasteiger partial charge is 0.273 e. The molecule has 1 N–H and O–H groups in total. The molecule has 0 atom stereocenters. The molecule has 0 saturated carbocycles. The highest BCUT2D eigenvalue weighted by atomic mass is 79.9. The summed E-state index contributed by atoms with van der Waals surface area (Å²) in [5.41, 5.74) is 0.736. The summed E-state index contributed by atoms with van der Waals surface area (Å²) >= 11 is 3.29. The summed E-state index contributed by atoms with van der Waals surface area (Å²) in [4.78, 5) is 41.5. The Morgan fingerprint density at radius 3 is 2.57 bits per heavy atom. The fraction of sp³-hybridized carbons (Fsp3) is 0.316. The molecule has 1 aliphatic heterocycles. The Morgan fingerprint density at radius 1 is 1.25 bits per heavy atom. The maximum Gasteiger partial charge on any atom is 0.273 e. The van der Waals surface area contributed by atoms with E-state index in [2.05, 4.69) is 26.2 Å². The minimum atomic E-state index is -0.487. The lowest BCUT2D eigenvalue weighted by atomic mass is 9.95. The zero-order chi connectivity index (χ0) is 20.3. The van der Waals surface area contributed by atoms with Crippen molar-refractivity contribution in [3.63, 3.8) is 0 Å². The lowest BCUT2D eigenvalue weighted by Gasteiger charge is -2.31. The Morgan fingerprint density at radius 2 is 1.96 bits per heavy atom.